The molecule has 3 rings (SSSR count). The minimum absolute atomic E-state index is 0.122. The van der Waals surface area contributed by atoms with Crippen molar-refractivity contribution in [1.82, 2.24) is 15.4 Å². The molecule has 0 fully saturated rings. The molecule has 1 aromatic heterocycles. The number of nitrogens with two attached hydrogens (primary N) is 1. The maximum absolute atomic E-state index is 11.4. The summed E-state index contributed by atoms with van der Waals surface area (Å²) in [7, 11) is 0. The van der Waals surface area contributed by atoms with Crippen LogP contribution in [0.1, 0.15) is 36.8 Å². The molecule has 0 atom stereocenters. The SMILES string of the molecule is CC(C)(C)c1ccc(-c2cccc(-c3n[nH]nc3C(N)=O)c2)cc1. The summed E-state index contributed by atoms with van der Waals surface area (Å²) in [6.45, 7) is 6.58. The van der Waals surface area contributed by atoms with Crippen molar-refractivity contribution in [3.63, 3.8) is 0 Å². The first-order chi connectivity index (χ1) is 11.4. The van der Waals surface area contributed by atoms with E-state index in [1.165, 1.54) is 5.56 Å². The summed E-state index contributed by atoms with van der Waals surface area (Å²) < 4.78 is 0. The van der Waals surface area contributed by atoms with Crippen molar-refractivity contribution in [2.75, 3.05) is 0 Å². The second kappa shape index (κ2) is 5.92. The highest BCUT2D eigenvalue weighted by Gasteiger charge is 2.16. The van der Waals surface area contributed by atoms with Crippen molar-refractivity contribution in [3.05, 3.63) is 59.8 Å². The Labute approximate surface area is 140 Å². The number of hydrogen-bond acceptors (Lipinski definition) is 3. The molecule has 3 N–H and O–H groups in total. The Bertz CT molecular complexity index is 873. The zero-order valence-corrected chi connectivity index (χ0v) is 14.0. The van der Waals surface area contributed by atoms with Crippen LogP contribution in [-0.2, 0) is 5.41 Å². The van der Waals surface area contributed by atoms with Gasteiger partial charge in [-0.1, -0.05) is 63.2 Å². The van der Waals surface area contributed by atoms with Gasteiger partial charge in [-0.3, -0.25) is 4.79 Å². The molecule has 5 heteroatoms. The molecule has 0 bridgehead atoms. The van der Waals surface area contributed by atoms with Gasteiger partial charge in [-0.25, -0.2) is 0 Å². The van der Waals surface area contributed by atoms with Crippen molar-refractivity contribution in [1.29, 1.82) is 0 Å². The Morgan fingerprint density at radius 1 is 0.958 bits per heavy atom. The predicted molar refractivity (Wildman–Crippen MR) is 94.5 cm³/mol. The van der Waals surface area contributed by atoms with E-state index in [0.29, 0.717) is 5.69 Å². The topological polar surface area (TPSA) is 84.7 Å². The molecule has 0 unspecified atom stereocenters. The normalized spacial score (nSPS) is 11.5. The number of nitrogens with zero attached hydrogens (tertiary/aromatic N) is 2. The van der Waals surface area contributed by atoms with Gasteiger partial charge in [0.05, 0.1) is 0 Å². The maximum atomic E-state index is 11.4. The highest BCUT2D eigenvalue weighted by Crippen LogP contribution is 2.29. The van der Waals surface area contributed by atoms with Crippen LogP contribution in [0.4, 0.5) is 0 Å². The molecular weight excluding hydrogens is 300 g/mol. The summed E-state index contributed by atoms with van der Waals surface area (Å²) in [4.78, 5) is 11.4. The van der Waals surface area contributed by atoms with Crippen LogP contribution in [0, 0.1) is 0 Å². The lowest BCUT2D eigenvalue weighted by atomic mass is 9.86. The summed E-state index contributed by atoms with van der Waals surface area (Å²) >= 11 is 0. The summed E-state index contributed by atoms with van der Waals surface area (Å²) in [6.07, 6.45) is 0. The number of primary amides is 1. The van der Waals surface area contributed by atoms with Crippen LogP contribution in [0.5, 0.6) is 0 Å². The second-order valence-corrected chi connectivity index (χ2v) is 6.79. The predicted octanol–water partition coefficient (Wildman–Crippen LogP) is 3.54. The molecule has 0 aliphatic heterocycles. The molecule has 5 nitrogen and oxygen atoms in total. The molecule has 24 heavy (non-hydrogen) atoms. The van der Waals surface area contributed by atoms with Crippen LogP contribution in [-0.4, -0.2) is 21.3 Å². The first-order valence-electron chi connectivity index (χ1n) is 7.78. The van der Waals surface area contributed by atoms with E-state index >= 15 is 0 Å². The van der Waals surface area contributed by atoms with Gasteiger partial charge in [0.15, 0.2) is 5.69 Å². The number of aromatic amines is 1. The fraction of sp³-hybridized carbons (Fsp3) is 0.211. The highest BCUT2D eigenvalue weighted by molar-refractivity contribution is 5.96. The Morgan fingerprint density at radius 3 is 2.25 bits per heavy atom. The number of aromatic nitrogens is 3. The minimum atomic E-state index is -0.598. The van der Waals surface area contributed by atoms with Crippen LogP contribution in [0.3, 0.4) is 0 Å². The van der Waals surface area contributed by atoms with Crippen LogP contribution >= 0.6 is 0 Å². The number of hydrogen-bond donors (Lipinski definition) is 2. The van der Waals surface area contributed by atoms with E-state index in [4.69, 9.17) is 5.73 Å². The molecule has 3 aromatic rings. The molecule has 0 aliphatic rings. The maximum Gasteiger partial charge on any atom is 0.271 e. The van der Waals surface area contributed by atoms with Gasteiger partial charge in [0, 0.05) is 5.56 Å². The van der Waals surface area contributed by atoms with Crippen molar-refractivity contribution < 1.29 is 4.79 Å². The van der Waals surface area contributed by atoms with Crippen LogP contribution < -0.4 is 5.73 Å². The van der Waals surface area contributed by atoms with E-state index < -0.39 is 5.91 Å². The monoisotopic (exact) mass is 320 g/mol. The van der Waals surface area contributed by atoms with Gasteiger partial charge in [-0.15, -0.1) is 0 Å². The molecule has 0 radical (unpaired) electrons. The second-order valence-electron chi connectivity index (χ2n) is 6.79. The molecule has 0 saturated heterocycles. The fourth-order valence-corrected chi connectivity index (χ4v) is 2.61. The Hall–Kier alpha value is -2.95. The Balaban J connectivity index is 1.99. The lowest BCUT2D eigenvalue weighted by Gasteiger charge is -2.19. The number of carbonyl (C=O) groups excluding carboxylic acids is 1. The van der Waals surface area contributed by atoms with E-state index in [9.17, 15) is 4.79 Å². The van der Waals surface area contributed by atoms with E-state index in [0.717, 1.165) is 16.7 Å². The first kappa shape index (κ1) is 15.9. The Morgan fingerprint density at radius 2 is 1.62 bits per heavy atom. The number of H-pyrrole nitrogens is 1. The van der Waals surface area contributed by atoms with Crippen LogP contribution in [0.15, 0.2) is 48.5 Å². The van der Waals surface area contributed by atoms with Crippen LogP contribution in [0.2, 0.25) is 0 Å². The van der Waals surface area contributed by atoms with Crippen molar-refractivity contribution >= 4 is 5.91 Å². The van der Waals surface area contributed by atoms with Gasteiger partial charge >= 0.3 is 0 Å². The van der Waals surface area contributed by atoms with Gasteiger partial charge in [-0.05, 0) is 28.2 Å². The smallest absolute Gasteiger partial charge is 0.271 e. The molecule has 0 spiro atoms. The average Bonchev–Trinajstić information content (AvgIpc) is 3.04. The Kier molecular flexibility index (Phi) is 3.93. The number of benzene rings is 2. The zero-order chi connectivity index (χ0) is 17.3. The molecule has 2 aromatic carbocycles. The third-order valence-corrected chi connectivity index (χ3v) is 4.00. The van der Waals surface area contributed by atoms with E-state index in [1.54, 1.807) is 0 Å². The molecule has 0 saturated carbocycles. The summed E-state index contributed by atoms with van der Waals surface area (Å²) in [5, 5.41) is 10.3. The quantitative estimate of drug-likeness (QED) is 0.774. The van der Waals surface area contributed by atoms with Crippen molar-refractivity contribution in [2.24, 2.45) is 5.73 Å². The van der Waals surface area contributed by atoms with E-state index in [1.807, 2.05) is 24.3 Å². The molecule has 122 valence electrons. The van der Waals surface area contributed by atoms with Gasteiger partial charge < -0.3 is 5.73 Å². The zero-order valence-electron chi connectivity index (χ0n) is 14.0. The number of carbonyl (C=O) groups is 1. The van der Waals surface area contributed by atoms with Crippen LogP contribution in [0.25, 0.3) is 22.4 Å². The van der Waals surface area contributed by atoms with Gasteiger partial charge in [0.25, 0.3) is 5.91 Å². The number of amides is 1. The minimum Gasteiger partial charge on any atom is -0.364 e. The average molecular weight is 320 g/mol. The standard InChI is InChI=1S/C19H20N4O/c1-19(2,3)15-9-7-12(8-10-15)13-5-4-6-14(11-13)16-17(18(20)24)22-23-21-16/h4-11H,1-3H3,(H2,20,24)(H,21,22,23). The highest BCUT2D eigenvalue weighted by atomic mass is 16.1. The molecule has 1 amide bonds. The molecule has 0 aliphatic carbocycles. The van der Waals surface area contributed by atoms with Gasteiger partial charge in [0.2, 0.25) is 0 Å². The van der Waals surface area contributed by atoms with E-state index in [-0.39, 0.29) is 11.1 Å². The van der Waals surface area contributed by atoms with Crippen molar-refractivity contribution in [2.45, 2.75) is 26.2 Å². The van der Waals surface area contributed by atoms with Gasteiger partial charge in [-0.2, -0.15) is 15.4 Å². The molecule has 1 heterocycles. The van der Waals surface area contributed by atoms with Gasteiger partial charge in [0.1, 0.15) is 5.69 Å². The summed E-state index contributed by atoms with van der Waals surface area (Å²) in [6, 6.07) is 16.3. The third-order valence-electron chi connectivity index (χ3n) is 4.00. The summed E-state index contributed by atoms with van der Waals surface area (Å²) in [5.74, 6) is -0.598. The number of nitrogens with one attached hydrogen (secondary N) is 1. The van der Waals surface area contributed by atoms with Crippen molar-refractivity contribution in [3.8, 4) is 22.4 Å². The largest absolute Gasteiger partial charge is 0.364 e. The lowest BCUT2D eigenvalue weighted by Crippen LogP contribution is -2.12. The number of rotatable bonds is 3. The molecular formula is C19H20N4O. The first-order valence-corrected chi connectivity index (χ1v) is 7.78. The van der Waals surface area contributed by atoms with E-state index in [2.05, 4.69) is 60.4 Å². The summed E-state index contributed by atoms with van der Waals surface area (Å²) in [5.41, 5.74) is 10.3. The fourth-order valence-electron chi connectivity index (χ4n) is 2.61. The lowest BCUT2D eigenvalue weighted by molar-refractivity contribution is 0.0996. The third kappa shape index (κ3) is 3.06.